The van der Waals surface area contributed by atoms with E-state index >= 15 is 0 Å². The fourth-order valence-corrected chi connectivity index (χ4v) is 1.77. The first-order chi connectivity index (χ1) is 8.65. The Morgan fingerprint density at radius 1 is 1.56 bits per heavy atom. The molecule has 0 aliphatic carbocycles. The van der Waals surface area contributed by atoms with Gasteiger partial charge in [0.2, 0.25) is 0 Å². The van der Waals surface area contributed by atoms with E-state index in [1.54, 1.807) is 13.2 Å². The Morgan fingerprint density at radius 3 is 3.00 bits per heavy atom. The van der Waals surface area contributed by atoms with Crippen molar-refractivity contribution in [1.29, 1.82) is 5.26 Å². The molecule has 0 amide bonds. The number of nitrogens with zero attached hydrogens (tertiary/aromatic N) is 1. The van der Waals surface area contributed by atoms with Crippen LogP contribution in [0.4, 0.5) is 0 Å². The Bertz CT molecular complexity index is 442. The summed E-state index contributed by atoms with van der Waals surface area (Å²) in [4.78, 5) is 0. The van der Waals surface area contributed by atoms with Gasteiger partial charge in [0.25, 0.3) is 0 Å². The van der Waals surface area contributed by atoms with Crippen LogP contribution in [0.5, 0.6) is 0 Å². The highest BCUT2D eigenvalue weighted by molar-refractivity contribution is 7.80. The van der Waals surface area contributed by atoms with Crippen LogP contribution in [-0.2, 0) is 11.3 Å². The second kappa shape index (κ2) is 7.64. The summed E-state index contributed by atoms with van der Waals surface area (Å²) in [5, 5.41) is 15.6. The van der Waals surface area contributed by atoms with Gasteiger partial charge < -0.3 is 15.4 Å². The minimum absolute atomic E-state index is 0.167. The van der Waals surface area contributed by atoms with Gasteiger partial charge in [-0.1, -0.05) is 12.1 Å². The first kappa shape index (κ1) is 14.4. The zero-order valence-corrected chi connectivity index (χ0v) is 11.4. The normalized spacial score (nSPS) is 11.4. The number of methoxy groups -OCH3 is 1. The molecule has 0 saturated heterocycles. The second-order valence-electron chi connectivity index (χ2n) is 4.00. The number of benzene rings is 1. The van der Waals surface area contributed by atoms with E-state index in [9.17, 15) is 0 Å². The molecule has 0 aliphatic rings. The summed E-state index contributed by atoms with van der Waals surface area (Å²) in [7, 11) is 1.65. The van der Waals surface area contributed by atoms with Gasteiger partial charge in [0.1, 0.15) is 0 Å². The van der Waals surface area contributed by atoms with Crippen molar-refractivity contribution >= 4 is 17.3 Å². The van der Waals surface area contributed by atoms with Gasteiger partial charge in [-0.15, -0.1) is 0 Å². The largest absolute Gasteiger partial charge is 0.383 e. The molecule has 2 N–H and O–H groups in total. The van der Waals surface area contributed by atoms with Crippen LogP contribution >= 0.6 is 12.2 Å². The molecule has 0 aliphatic heterocycles. The van der Waals surface area contributed by atoms with Gasteiger partial charge in [0.05, 0.1) is 18.2 Å². The van der Waals surface area contributed by atoms with Crippen molar-refractivity contribution in [1.82, 2.24) is 10.6 Å². The quantitative estimate of drug-likeness (QED) is 0.790. The van der Waals surface area contributed by atoms with E-state index in [1.165, 1.54) is 0 Å². The Morgan fingerprint density at radius 2 is 2.33 bits per heavy atom. The van der Waals surface area contributed by atoms with E-state index in [0.29, 0.717) is 23.8 Å². The lowest BCUT2D eigenvalue weighted by Crippen LogP contribution is -2.42. The number of nitriles is 1. The number of ether oxygens (including phenoxy) is 1. The minimum atomic E-state index is 0.167. The standard InChI is InChI=1S/C13H17N3OS/c1-10(9-17-2)16-13(18)15-8-12-5-3-4-11(6-12)7-14/h3-6,10H,8-9H2,1-2H3,(H2,15,16,18). The van der Waals surface area contributed by atoms with Crippen LogP contribution in [0.1, 0.15) is 18.1 Å². The fraction of sp³-hybridized carbons (Fsp3) is 0.385. The summed E-state index contributed by atoms with van der Waals surface area (Å²) in [5.41, 5.74) is 1.68. The molecular formula is C13H17N3OS. The average molecular weight is 263 g/mol. The summed E-state index contributed by atoms with van der Waals surface area (Å²) in [6, 6.07) is 9.71. The van der Waals surface area contributed by atoms with Crippen LogP contribution < -0.4 is 10.6 Å². The number of thiocarbonyl (C=S) groups is 1. The third-order valence-corrected chi connectivity index (χ3v) is 2.57. The Kier molecular flexibility index (Phi) is 6.12. The molecule has 0 radical (unpaired) electrons. The number of hydrogen-bond donors (Lipinski definition) is 2. The van der Waals surface area contributed by atoms with Crippen molar-refractivity contribution in [3.05, 3.63) is 35.4 Å². The van der Waals surface area contributed by atoms with Crippen LogP contribution in [0.3, 0.4) is 0 Å². The van der Waals surface area contributed by atoms with Gasteiger partial charge in [-0.3, -0.25) is 0 Å². The van der Waals surface area contributed by atoms with Gasteiger partial charge in [0, 0.05) is 19.7 Å². The highest BCUT2D eigenvalue weighted by Crippen LogP contribution is 2.03. The highest BCUT2D eigenvalue weighted by atomic mass is 32.1. The van der Waals surface area contributed by atoms with Crippen molar-refractivity contribution in [2.24, 2.45) is 0 Å². The van der Waals surface area contributed by atoms with Gasteiger partial charge >= 0.3 is 0 Å². The lowest BCUT2D eigenvalue weighted by molar-refractivity contribution is 0.179. The Hall–Kier alpha value is -1.64. The van der Waals surface area contributed by atoms with Crippen molar-refractivity contribution in [3.8, 4) is 6.07 Å². The monoisotopic (exact) mass is 263 g/mol. The molecule has 0 spiro atoms. The van der Waals surface area contributed by atoms with Crippen LogP contribution in [0, 0.1) is 11.3 Å². The van der Waals surface area contributed by atoms with Gasteiger partial charge in [-0.2, -0.15) is 5.26 Å². The SMILES string of the molecule is COCC(C)NC(=S)NCc1cccc(C#N)c1. The first-order valence-corrected chi connectivity index (χ1v) is 6.09. The fourth-order valence-electron chi connectivity index (χ4n) is 1.50. The lowest BCUT2D eigenvalue weighted by atomic mass is 10.1. The minimum Gasteiger partial charge on any atom is -0.383 e. The van der Waals surface area contributed by atoms with Gasteiger partial charge in [-0.25, -0.2) is 0 Å². The van der Waals surface area contributed by atoms with Crippen molar-refractivity contribution in [2.75, 3.05) is 13.7 Å². The number of nitrogens with one attached hydrogen (secondary N) is 2. The third-order valence-electron chi connectivity index (χ3n) is 2.30. The third kappa shape index (κ3) is 5.13. The Labute approximate surface area is 113 Å². The zero-order chi connectivity index (χ0) is 13.4. The van der Waals surface area contributed by atoms with Crippen LogP contribution in [0.25, 0.3) is 0 Å². The molecule has 18 heavy (non-hydrogen) atoms. The molecule has 1 aromatic rings. The van der Waals surface area contributed by atoms with Gasteiger partial charge in [0.15, 0.2) is 5.11 Å². The molecule has 0 aromatic heterocycles. The van der Waals surface area contributed by atoms with Crippen LogP contribution in [-0.4, -0.2) is 24.9 Å². The number of hydrogen-bond acceptors (Lipinski definition) is 3. The predicted octanol–water partition coefficient (Wildman–Crippen LogP) is 1.56. The van der Waals surface area contributed by atoms with Crippen LogP contribution in [0.15, 0.2) is 24.3 Å². The summed E-state index contributed by atoms with van der Waals surface area (Å²) >= 11 is 5.16. The maximum Gasteiger partial charge on any atom is 0.166 e. The molecule has 0 bridgehead atoms. The predicted molar refractivity (Wildman–Crippen MR) is 75.1 cm³/mol. The molecule has 96 valence electrons. The first-order valence-electron chi connectivity index (χ1n) is 5.68. The summed E-state index contributed by atoms with van der Waals surface area (Å²) in [6.07, 6.45) is 0. The summed E-state index contributed by atoms with van der Waals surface area (Å²) in [5.74, 6) is 0. The molecule has 0 heterocycles. The highest BCUT2D eigenvalue weighted by Gasteiger charge is 2.03. The van der Waals surface area contributed by atoms with Crippen LogP contribution in [0.2, 0.25) is 0 Å². The summed E-state index contributed by atoms with van der Waals surface area (Å²) < 4.78 is 5.01. The van der Waals surface area contributed by atoms with E-state index in [4.69, 9.17) is 22.2 Å². The molecular weight excluding hydrogens is 246 g/mol. The lowest BCUT2D eigenvalue weighted by Gasteiger charge is -2.16. The molecule has 0 fully saturated rings. The van der Waals surface area contributed by atoms with E-state index in [0.717, 1.165) is 5.56 Å². The Balaban J connectivity index is 2.40. The molecule has 5 heteroatoms. The van der Waals surface area contributed by atoms with Crippen molar-refractivity contribution < 1.29 is 4.74 Å². The van der Waals surface area contributed by atoms with Crippen molar-refractivity contribution in [2.45, 2.75) is 19.5 Å². The van der Waals surface area contributed by atoms with E-state index < -0.39 is 0 Å². The average Bonchev–Trinajstić information content (AvgIpc) is 2.37. The second-order valence-corrected chi connectivity index (χ2v) is 4.40. The van der Waals surface area contributed by atoms with E-state index in [2.05, 4.69) is 16.7 Å². The number of rotatable bonds is 5. The van der Waals surface area contributed by atoms with E-state index in [-0.39, 0.29) is 6.04 Å². The zero-order valence-electron chi connectivity index (χ0n) is 10.6. The molecule has 1 unspecified atom stereocenters. The molecule has 0 saturated carbocycles. The smallest absolute Gasteiger partial charge is 0.166 e. The van der Waals surface area contributed by atoms with Gasteiger partial charge in [-0.05, 0) is 36.8 Å². The maximum atomic E-state index is 8.80. The molecule has 1 rings (SSSR count). The molecule has 4 nitrogen and oxygen atoms in total. The summed E-state index contributed by atoms with van der Waals surface area (Å²) in [6.45, 7) is 3.20. The maximum absolute atomic E-state index is 8.80. The molecule has 1 aromatic carbocycles. The van der Waals surface area contributed by atoms with Crippen molar-refractivity contribution in [3.63, 3.8) is 0 Å². The topological polar surface area (TPSA) is 57.1 Å². The molecule has 1 atom stereocenters. The van der Waals surface area contributed by atoms with E-state index in [1.807, 2.05) is 25.1 Å².